The Kier molecular flexibility index (Phi) is 6.53. The molecule has 1 aliphatic rings. The second-order valence-electron chi connectivity index (χ2n) is 7.44. The van der Waals surface area contributed by atoms with Crippen LogP contribution in [0.1, 0.15) is 28.9 Å². The van der Waals surface area contributed by atoms with Gasteiger partial charge in [0.25, 0.3) is 11.8 Å². The monoisotopic (exact) mass is 474 g/mol. The number of rotatable bonds is 8. The van der Waals surface area contributed by atoms with E-state index in [9.17, 15) is 18.0 Å². The molecule has 4 rings (SSSR count). The fourth-order valence-corrected chi connectivity index (χ4v) is 3.49. The van der Waals surface area contributed by atoms with Gasteiger partial charge in [-0.05, 0) is 30.7 Å². The Balaban J connectivity index is 1.45. The van der Waals surface area contributed by atoms with E-state index in [2.05, 4.69) is 15.0 Å². The minimum atomic E-state index is -4.21. The summed E-state index contributed by atoms with van der Waals surface area (Å²) in [7, 11) is 3.02. The zero-order valence-corrected chi connectivity index (χ0v) is 18.4. The van der Waals surface area contributed by atoms with Crippen molar-refractivity contribution < 1.29 is 32.2 Å². The number of halogens is 3. The highest BCUT2D eigenvalue weighted by Gasteiger charge is 2.30. The number of nitrogens with zero attached hydrogens (tertiary/aromatic N) is 4. The maximum absolute atomic E-state index is 12.9. The third-order valence-electron chi connectivity index (χ3n) is 5.17. The molecule has 178 valence electrons. The second-order valence-corrected chi connectivity index (χ2v) is 7.44. The van der Waals surface area contributed by atoms with Crippen LogP contribution in [0.3, 0.4) is 0 Å². The molecule has 1 amide bonds. The summed E-state index contributed by atoms with van der Waals surface area (Å²) in [5.74, 6) is 0.789. The van der Waals surface area contributed by atoms with Crippen LogP contribution in [0.15, 0.2) is 42.7 Å². The van der Waals surface area contributed by atoms with E-state index < -0.39 is 12.6 Å². The summed E-state index contributed by atoms with van der Waals surface area (Å²) in [4.78, 5) is 27.4. The van der Waals surface area contributed by atoms with Crippen LogP contribution in [0.2, 0.25) is 0 Å². The van der Waals surface area contributed by atoms with Crippen LogP contribution >= 0.6 is 0 Å². The van der Waals surface area contributed by atoms with Gasteiger partial charge in [-0.2, -0.15) is 13.2 Å². The number of amides is 1. The highest BCUT2D eigenvalue weighted by Crippen LogP contribution is 2.32. The van der Waals surface area contributed by atoms with E-state index in [1.165, 1.54) is 31.4 Å². The van der Waals surface area contributed by atoms with Gasteiger partial charge in [0, 0.05) is 24.2 Å². The molecule has 3 aromatic heterocycles. The Morgan fingerprint density at radius 2 is 1.88 bits per heavy atom. The molecule has 4 heterocycles. The fraction of sp³-hybridized carbons (Fsp3) is 0.304. The number of pyridine rings is 3. The zero-order valence-electron chi connectivity index (χ0n) is 18.4. The van der Waals surface area contributed by atoms with Gasteiger partial charge < -0.3 is 19.1 Å². The van der Waals surface area contributed by atoms with Crippen molar-refractivity contribution in [2.45, 2.75) is 25.6 Å². The highest BCUT2D eigenvalue weighted by atomic mass is 19.4. The summed E-state index contributed by atoms with van der Waals surface area (Å²) in [6.07, 6.45) is -2.23. The SMILES string of the molecule is COc1cc(-c2ccc3c(n2)CN(c2ccc(OCCCC(F)(F)F)nc2)C3=O)cnc1OC. The van der Waals surface area contributed by atoms with Crippen LogP contribution in [-0.4, -0.2) is 47.9 Å². The van der Waals surface area contributed by atoms with Crippen molar-refractivity contribution in [2.24, 2.45) is 0 Å². The molecule has 8 nitrogen and oxygen atoms in total. The number of carbonyl (C=O) groups is 1. The van der Waals surface area contributed by atoms with Crippen molar-refractivity contribution in [3.8, 4) is 28.8 Å². The normalized spacial score (nSPS) is 13.1. The number of aromatic nitrogens is 3. The molecular weight excluding hydrogens is 453 g/mol. The third kappa shape index (κ3) is 5.03. The third-order valence-corrected chi connectivity index (χ3v) is 5.17. The Morgan fingerprint density at radius 3 is 2.56 bits per heavy atom. The predicted octanol–water partition coefficient (Wildman–Crippen LogP) is 4.44. The quantitative estimate of drug-likeness (QED) is 0.446. The maximum atomic E-state index is 12.9. The number of ether oxygens (including phenoxy) is 3. The molecule has 0 atom stereocenters. The minimum absolute atomic E-state index is 0.0996. The largest absolute Gasteiger partial charge is 0.491 e. The van der Waals surface area contributed by atoms with E-state index in [4.69, 9.17) is 14.2 Å². The van der Waals surface area contributed by atoms with Crippen molar-refractivity contribution in [1.29, 1.82) is 0 Å². The van der Waals surface area contributed by atoms with Gasteiger partial charge in [-0.1, -0.05) is 0 Å². The summed E-state index contributed by atoms with van der Waals surface area (Å²) in [5.41, 5.74) is 2.94. The Labute approximate surface area is 193 Å². The molecule has 0 aromatic carbocycles. The number of carbonyl (C=O) groups excluding carboxylic acids is 1. The first-order valence-corrected chi connectivity index (χ1v) is 10.3. The number of anilines is 1. The van der Waals surface area contributed by atoms with Gasteiger partial charge in [-0.15, -0.1) is 0 Å². The smallest absolute Gasteiger partial charge is 0.389 e. The zero-order chi connectivity index (χ0) is 24.3. The van der Waals surface area contributed by atoms with Crippen molar-refractivity contribution in [3.05, 3.63) is 54.0 Å². The summed E-state index contributed by atoms with van der Waals surface area (Å²) >= 11 is 0. The first-order valence-electron chi connectivity index (χ1n) is 10.3. The Bertz CT molecular complexity index is 1190. The molecule has 0 saturated heterocycles. The van der Waals surface area contributed by atoms with Gasteiger partial charge >= 0.3 is 6.18 Å². The van der Waals surface area contributed by atoms with E-state index in [1.807, 2.05) is 0 Å². The van der Waals surface area contributed by atoms with Gasteiger partial charge in [-0.25, -0.2) is 9.97 Å². The number of hydrogen-bond acceptors (Lipinski definition) is 7. The van der Waals surface area contributed by atoms with Crippen LogP contribution in [0, 0.1) is 0 Å². The number of methoxy groups -OCH3 is 2. The average Bonchev–Trinajstić information content (AvgIpc) is 3.17. The molecule has 0 fully saturated rings. The molecule has 0 bridgehead atoms. The van der Waals surface area contributed by atoms with E-state index in [0.717, 1.165) is 0 Å². The molecule has 0 aliphatic carbocycles. The van der Waals surface area contributed by atoms with Crippen molar-refractivity contribution in [1.82, 2.24) is 15.0 Å². The molecule has 0 unspecified atom stereocenters. The van der Waals surface area contributed by atoms with Crippen LogP contribution in [0.5, 0.6) is 17.5 Å². The molecule has 0 spiro atoms. The van der Waals surface area contributed by atoms with Crippen LogP contribution < -0.4 is 19.1 Å². The van der Waals surface area contributed by atoms with Gasteiger partial charge in [0.1, 0.15) is 0 Å². The summed E-state index contributed by atoms with van der Waals surface area (Å²) in [5, 5.41) is 0. The van der Waals surface area contributed by atoms with Crippen LogP contribution in [0.25, 0.3) is 11.3 Å². The topological polar surface area (TPSA) is 86.7 Å². The number of fused-ring (bicyclic) bond motifs is 1. The lowest BCUT2D eigenvalue weighted by Gasteiger charge is -2.15. The van der Waals surface area contributed by atoms with Crippen molar-refractivity contribution in [3.63, 3.8) is 0 Å². The summed E-state index contributed by atoms with van der Waals surface area (Å²) in [6.45, 7) is 0.147. The molecular formula is C23H21F3N4O4. The predicted molar refractivity (Wildman–Crippen MR) is 116 cm³/mol. The van der Waals surface area contributed by atoms with Gasteiger partial charge in [0.15, 0.2) is 5.75 Å². The van der Waals surface area contributed by atoms with E-state index in [1.54, 1.807) is 30.5 Å². The Hall–Kier alpha value is -3.89. The van der Waals surface area contributed by atoms with Crippen LogP contribution in [0.4, 0.5) is 18.9 Å². The van der Waals surface area contributed by atoms with E-state index >= 15 is 0 Å². The summed E-state index contributed by atoms with van der Waals surface area (Å²) < 4.78 is 52.4. The first kappa shape index (κ1) is 23.3. The molecule has 3 aromatic rings. The fourth-order valence-electron chi connectivity index (χ4n) is 3.49. The lowest BCUT2D eigenvalue weighted by molar-refractivity contribution is -0.136. The summed E-state index contributed by atoms with van der Waals surface area (Å²) in [6, 6.07) is 8.36. The molecule has 0 saturated carbocycles. The van der Waals surface area contributed by atoms with E-state index in [0.29, 0.717) is 39.8 Å². The lowest BCUT2D eigenvalue weighted by Crippen LogP contribution is -2.23. The Morgan fingerprint density at radius 1 is 1.06 bits per heavy atom. The van der Waals surface area contributed by atoms with Gasteiger partial charge in [0.05, 0.1) is 56.2 Å². The number of alkyl halides is 3. The van der Waals surface area contributed by atoms with E-state index in [-0.39, 0.29) is 31.4 Å². The molecule has 34 heavy (non-hydrogen) atoms. The average molecular weight is 474 g/mol. The second kappa shape index (κ2) is 9.54. The molecule has 0 radical (unpaired) electrons. The van der Waals surface area contributed by atoms with Gasteiger partial charge in [0.2, 0.25) is 5.88 Å². The minimum Gasteiger partial charge on any atom is -0.491 e. The molecule has 11 heteroatoms. The van der Waals surface area contributed by atoms with Crippen molar-refractivity contribution in [2.75, 3.05) is 25.7 Å². The highest BCUT2D eigenvalue weighted by molar-refractivity contribution is 6.09. The molecule has 0 N–H and O–H groups in total. The van der Waals surface area contributed by atoms with Crippen molar-refractivity contribution >= 4 is 11.6 Å². The lowest BCUT2D eigenvalue weighted by atomic mass is 10.1. The van der Waals surface area contributed by atoms with Gasteiger partial charge in [-0.3, -0.25) is 9.78 Å². The molecule has 1 aliphatic heterocycles. The number of hydrogen-bond donors (Lipinski definition) is 0. The standard InChI is InChI=1S/C23H21F3N4O4/c1-32-19-10-14(11-28-21(19)33-2)17-6-5-16-18(29-17)13-30(22(16)31)15-4-7-20(27-12-15)34-9-3-8-23(24,25)26/h4-7,10-12H,3,8-9,13H2,1-2H3. The van der Waals surface area contributed by atoms with Crippen LogP contribution in [-0.2, 0) is 6.54 Å². The maximum Gasteiger partial charge on any atom is 0.389 e. The first-order chi connectivity index (χ1) is 16.3.